The van der Waals surface area contributed by atoms with E-state index in [-0.39, 0.29) is 24.9 Å². The molecule has 0 aliphatic heterocycles. The first-order valence-electron chi connectivity index (χ1n) is 12.3. The van der Waals surface area contributed by atoms with Crippen LogP contribution >= 0.6 is 0 Å². The van der Waals surface area contributed by atoms with Gasteiger partial charge in [0.05, 0.1) is 12.3 Å². The fraction of sp³-hybridized carbons (Fsp3) is 0.233. The van der Waals surface area contributed by atoms with Crippen LogP contribution in [0.4, 0.5) is 5.95 Å². The van der Waals surface area contributed by atoms with Crippen molar-refractivity contribution in [3.05, 3.63) is 102 Å². The van der Waals surface area contributed by atoms with Gasteiger partial charge < -0.3 is 9.64 Å². The molecule has 1 N–H and O–H groups in total. The molecule has 0 bridgehead atoms. The van der Waals surface area contributed by atoms with Gasteiger partial charge in [-0.3, -0.25) is 19.5 Å². The first kappa shape index (κ1) is 25.9. The van der Waals surface area contributed by atoms with Crippen molar-refractivity contribution in [3.63, 3.8) is 0 Å². The van der Waals surface area contributed by atoms with Crippen molar-refractivity contribution in [2.45, 2.75) is 19.8 Å². The van der Waals surface area contributed by atoms with E-state index in [1.54, 1.807) is 31.4 Å². The highest BCUT2D eigenvalue weighted by Gasteiger charge is 2.21. The minimum Gasteiger partial charge on any atom is -0.383 e. The van der Waals surface area contributed by atoms with Gasteiger partial charge >= 0.3 is 0 Å². The number of hydrogen-bond acceptors (Lipinski definition) is 4. The zero-order chi connectivity index (χ0) is 26.2. The average Bonchev–Trinajstić information content (AvgIpc) is 3.35. The zero-order valence-corrected chi connectivity index (χ0v) is 21.4. The summed E-state index contributed by atoms with van der Waals surface area (Å²) >= 11 is 0. The van der Waals surface area contributed by atoms with Crippen LogP contribution in [-0.4, -0.2) is 53.1 Å². The SMILES string of the molecule is COCCN(CC(=O)Nc1nc(-c2ccccc2)cn1-c1ccc(C(C)C)cc1)C(=O)c1ccccc1. The monoisotopic (exact) mass is 496 g/mol. The van der Waals surface area contributed by atoms with Crippen LogP contribution in [0.5, 0.6) is 0 Å². The minimum atomic E-state index is -0.342. The van der Waals surface area contributed by atoms with Gasteiger partial charge in [0.1, 0.15) is 6.54 Å². The Balaban J connectivity index is 1.61. The van der Waals surface area contributed by atoms with Gasteiger partial charge in [0.15, 0.2) is 0 Å². The molecule has 0 unspecified atom stereocenters. The summed E-state index contributed by atoms with van der Waals surface area (Å²) in [6.07, 6.45) is 1.91. The lowest BCUT2D eigenvalue weighted by Crippen LogP contribution is -2.40. The fourth-order valence-electron chi connectivity index (χ4n) is 3.99. The maximum absolute atomic E-state index is 13.2. The number of benzene rings is 3. The summed E-state index contributed by atoms with van der Waals surface area (Å²) in [5.41, 5.74) is 4.30. The summed E-state index contributed by atoms with van der Waals surface area (Å²) < 4.78 is 7.04. The number of imidazole rings is 1. The van der Waals surface area contributed by atoms with Crippen molar-refractivity contribution in [3.8, 4) is 16.9 Å². The van der Waals surface area contributed by atoms with Crippen LogP contribution in [0.3, 0.4) is 0 Å². The molecule has 7 heteroatoms. The van der Waals surface area contributed by atoms with Crippen LogP contribution < -0.4 is 5.32 Å². The molecule has 37 heavy (non-hydrogen) atoms. The smallest absolute Gasteiger partial charge is 0.254 e. The normalized spacial score (nSPS) is 10.9. The van der Waals surface area contributed by atoms with Crippen molar-refractivity contribution in [1.29, 1.82) is 0 Å². The second kappa shape index (κ2) is 12.1. The Kier molecular flexibility index (Phi) is 8.48. The highest BCUT2D eigenvalue weighted by atomic mass is 16.5. The highest BCUT2D eigenvalue weighted by Crippen LogP contribution is 2.25. The van der Waals surface area contributed by atoms with E-state index in [1.165, 1.54) is 10.5 Å². The van der Waals surface area contributed by atoms with E-state index < -0.39 is 0 Å². The van der Waals surface area contributed by atoms with Crippen molar-refractivity contribution in [2.24, 2.45) is 0 Å². The van der Waals surface area contributed by atoms with Crippen molar-refractivity contribution >= 4 is 17.8 Å². The molecule has 4 aromatic rings. The van der Waals surface area contributed by atoms with Gasteiger partial charge in [0.25, 0.3) is 5.91 Å². The van der Waals surface area contributed by atoms with E-state index in [4.69, 9.17) is 9.72 Å². The molecule has 7 nitrogen and oxygen atoms in total. The second-order valence-electron chi connectivity index (χ2n) is 9.07. The Morgan fingerprint density at radius 3 is 2.22 bits per heavy atom. The number of nitrogens with one attached hydrogen (secondary N) is 1. The number of carbonyl (C=O) groups excluding carboxylic acids is 2. The van der Waals surface area contributed by atoms with Gasteiger partial charge in [-0.1, -0.05) is 74.5 Å². The van der Waals surface area contributed by atoms with Crippen molar-refractivity contribution in [1.82, 2.24) is 14.5 Å². The number of ether oxygens (including phenoxy) is 1. The lowest BCUT2D eigenvalue weighted by Gasteiger charge is -2.22. The first-order valence-corrected chi connectivity index (χ1v) is 12.3. The van der Waals surface area contributed by atoms with Gasteiger partial charge in [-0.15, -0.1) is 0 Å². The number of rotatable bonds is 10. The molecule has 0 atom stereocenters. The summed E-state index contributed by atoms with van der Waals surface area (Å²) in [6.45, 7) is 4.78. The zero-order valence-electron chi connectivity index (χ0n) is 21.4. The third kappa shape index (κ3) is 6.51. The summed E-state index contributed by atoms with van der Waals surface area (Å²) in [4.78, 5) is 32.5. The highest BCUT2D eigenvalue weighted by molar-refractivity contribution is 5.99. The third-order valence-corrected chi connectivity index (χ3v) is 6.07. The predicted molar refractivity (Wildman–Crippen MR) is 146 cm³/mol. The van der Waals surface area contributed by atoms with E-state index in [2.05, 4.69) is 31.3 Å². The molecular weight excluding hydrogens is 464 g/mol. The maximum atomic E-state index is 13.2. The molecule has 190 valence electrons. The van der Waals surface area contributed by atoms with E-state index in [0.29, 0.717) is 24.0 Å². The number of hydrogen-bond donors (Lipinski definition) is 1. The standard InChI is InChI=1S/C30H32N4O3/c1-22(2)23-14-16-26(17-15-23)34-20-27(24-10-6-4-7-11-24)31-30(34)32-28(35)21-33(18-19-37-3)29(36)25-12-8-5-9-13-25/h4-17,20,22H,18-19,21H2,1-3H3,(H,31,32,35). The lowest BCUT2D eigenvalue weighted by atomic mass is 10.0. The summed E-state index contributed by atoms with van der Waals surface area (Å²) in [5.74, 6) is 0.229. The number of nitrogens with zero attached hydrogens (tertiary/aromatic N) is 3. The molecular formula is C30H32N4O3. The topological polar surface area (TPSA) is 76.5 Å². The molecule has 3 aromatic carbocycles. The van der Waals surface area contributed by atoms with Crippen LogP contribution in [0.2, 0.25) is 0 Å². The molecule has 0 fully saturated rings. The van der Waals surface area contributed by atoms with Crippen molar-refractivity contribution in [2.75, 3.05) is 32.1 Å². The van der Waals surface area contributed by atoms with Crippen LogP contribution in [0.15, 0.2) is 91.1 Å². The molecule has 4 rings (SSSR count). The summed E-state index contributed by atoms with van der Waals surface area (Å²) in [6, 6.07) is 26.9. The van der Waals surface area contributed by atoms with Crippen LogP contribution in [0, 0.1) is 0 Å². The first-order chi connectivity index (χ1) is 18.0. The third-order valence-electron chi connectivity index (χ3n) is 6.07. The Morgan fingerprint density at radius 2 is 1.59 bits per heavy atom. The van der Waals surface area contributed by atoms with E-state index in [9.17, 15) is 9.59 Å². The van der Waals surface area contributed by atoms with Crippen molar-refractivity contribution < 1.29 is 14.3 Å². The molecule has 2 amide bonds. The number of anilines is 1. The second-order valence-corrected chi connectivity index (χ2v) is 9.07. The van der Waals surface area contributed by atoms with E-state index >= 15 is 0 Å². The van der Waals surface area contributed by atoms with E-state index in [0.717, 1.165) is 16.9 Å². The minimum absolute atomic E-state index is 0.128. The average molecular weight is 497 g/mol. The summed E-state index contributed by atoms with van der Waals surface area (Å²) in [5, 5.41) is 2.93. The molecule has 0 spiro atoms. The fourth-order valence-corrected chi connectivity index (χ4v) is 3.99. The van der Waals surface area contributed by atoms with Crippen LogP contribution in [0.25, 0.3) is 16.9 Å². The predicted octanol–water partition coefficient (Wildman–Crippen LogP) is 5.39. The van der Waals surface area contributed by atoms with E-state index in [1.807, 2.05) is 59.3 Å². The maximum Gasteiger partial charge on any atom is 0.254 e. The Bertz CT molecular complexity index is 1320. The Morgan fingerprint density at radius 1 is 0.946 bits per heavy atom. The Labute approximate surface area is 217 Å². The number of carbonyl (C=O) groups is 2. The Hall–Kier alpha value is -4.23. The molecule has 1 heterocycles. The van der Waals surface area contributed by atoms with Gasteiger partial charge in [-0.25, -0.2) is 4.98 Å². The summed E-state index contributed by atoms with van der Waals surface area (Å²) in [7, 11) is 1.57. The van der Waals surface area contributed by atoms with Gasteiger partial charge in [0.2, 0.25) is 11.9 Å². The molecule has 0 saturated heterocycles. The molecule has 0 saturated carbocycles. The van der Waals surface area contributed by atoms with Gasteiger partial charge in [0, 0.05) is 36.7 Å². The molecule has 0 aliphatic rings. The lowest BCUT2D eigenvalue weighted by molar-refractivity contribution is -0.117. The number of amides is 2. The quantitative estimate of drug-likeness (QED) is 0.319. The number of aromatic nitrogens is 2. The largest absolute Gasteiger partial charge is 0.383 e. The van der Waals surface area contributed by atoms with Crippen LogP contribution in [-0.2, 0) is 9.53 Å². The molecule has 0 aliphatic carbocycles. The molecule has 1 aromatic heterocycles. The van der Waals surface area contributed by atoms with Crippen LogP contribution in [0.1, 0.15) is 35.7 Å². The number of methoxy groups -OCH3 is 1. The van der Waals surface area contributed by atoms with Gasteiger partial charge in [-0.2, -0.15) is 0 Å². The van der Waals surface area contributed by atoms with Gasteiger partial charge in [-0.05, 0) is 35.7 Å². The molecule has 0 radical (unpaired) electrons.